The Bertz CT molecular complexity index is 375. The number of alkyl halides is 1. The summed E-state index contributed by atoms with van der Waals surface area (Å²) in [4.78, 5) is 14.1. The molecule has 16 heavy (non-hydrogen) atoms. The minimum absolute atomic E-state index is 0.0252. The van der Waals surface area contributed by atoms with Crippen LogP contribution in [-0.2, 0) is 0 Å². The minimum atomic E-state index is 0.0252. The van der Waals surface area contributed by atoms with Crippen molar-refractivity contribution in [2.45, 2.75) is 32.2 Å². The Morgan fingerprint density at radius 1 is 1.56 bits per heavy atom. The maximum atomic E-state index is 12.2. The van der Waals surface area contributed by atoms with Crippen molar-refractivity contribution < 1.29 is 9.21 Å². The van der Waals surface area contributed by atoms with Crippen molar-refractivity contribution in [2.24, 2.45) is 0 Å². The fourth-order valence-corrected chi connectivity index (χ4v) is 2.79. The Morgan fingerprint density at radius 2 is 2.38 bits per heavy atom. The van der Waals surface area contributed by atoms with Gasteiger partial charge < -0.3 is 9.32 Å². The second kappa shape index (κ2) is 5.04. The molecular formula is C12H16BrNO2. The molecule has 1 aromatic rings. The number of piperidine rings is 1. The highest BCUT2D eigenvalue weighted by Gasteiger charge is 2.28. The standard InChI is InChI=1S/C12H16BrNO2/c1-9-5-6-11(16-9)12(15)14-7-3-2-4-10(14)8-13/h5-6,10H,2-4,7-8H2,1H3. The first-order chi connectivity index (χ1) is 7.72. The van der Waals surface area contributed by atoms with E-state index >= 15 is 0 Å². The number of hydrogen-bond acceptors (Lipinski definition) is 2. The zero-order chi connectivity index (χ0) is 11.5. The molecule has 0 radical (unpaired) electrons. The lowest BCUT2D eigenvalue weighted by Crippen LogP contribution is -2.44. The van der Waals surface area contributed by atoms with Gasteiger partial charge in [-0.2, -0.15) is 0 Å². The van der Waals surface area contributed by atoms with Crippen LogP contribution < -0.4 is 0 Å². The predicted octanol–water partition coefficient (Wildman–Crippen LogP) is 2.98. The molecule has 1 unspecified atom stereocenters. The zero-order valence-corrected chi connectivity index (χ0v) is 11.0. The zero-order valence-electron chi connectivity index (χ0n) is 9.41. The van der Waals surface area contributed by atoms with E-state index in [4.69, 9.17) is 4.42 Å². The highest BCUT2D eigenvalue weighted by Crippen LogP contribution is 2.21. The number of amides is 1. The number of likely N-dealkylation sites (tertiary alicyclic amines) is 1. The molecule has 0 spiro atoms. The van der Waals surface area contributed by atoms with Gasteiger partial charge in [-0.25, -0.2) is 0 Å². The van der Waals surface area contributed by atoms with E-state index in [1.54, 1.807) is 6.07 Å². The number of carbonyl (C=O) groups is 1. The average Bonchev–Trinajstić information content (AvgIpc) is 2.75. The number of nitrogens with zero attached hydrogens (tertiary/aromatic N) is 1. The molecule has 2 rings (SSSR count). The minimum Gasteiger partial charge on any atom is -0.456 e. The quantitative estimate of drug-likeness (QED) is 0.783. The first-order valence-electron chi connectivity index (χ1n) is 5.65. The van der Waals surface area contributed by atoms with Gasteiger partial charge >= 0.3 is 0 Å². The van der Waals surface area contributed by atoms with Gasteiger partial charge in [-0.1, -0.05) is 15.9 Å². The summed E-state index contributed by atoms with van der Waals surface area (Å²) in [7, 11) is 0. The first-order valence-corrected chi connectivity index (χ1v) is 6.78. The molecule has 1 aliphatic rings. The van der Waals surface area contributed by atoms with Gasteiger partial charge in [-0.05, 0) is 38.3 Å². The molecule has 1 aliphatic heterocycles. The van der Waals surface area contributed by atoms with Crippen LogP contribution in [0.4, 0.5) is 0 Å². The number of rotatable bonds is 2. The summed E-state index contributed by atoms with van der Waals surface area (Å²) in [5.74, 6) is 1.28. The second-order valence-corrected chi connectivity index (χ2v) is 4.86. The van der Waals surface area contributed by atoms with Crippen LogP contribution in [0.2, 0.25) is 0 Å². The van der Waals surface area contributed by atoms with Crippen LogP contribution in [0.25, 0.3) is 0 Å². The van der Waals surface area contributed by atoms with Crippen LogP contribution in [-0.4, -0.2) is 28.7 Å². The Balaban J connectivity index is 2.13. The lowest BCUT2D eigenvalue weighted by molar-refractivity contribution is 0.0608. The van der Waals surface area contributed by atoms with E-state index < -0.39 is 0 Å². The highest BCUT2D eigenvalue weighted by molar-refractivity contribution is 9.09. The van der Waals surface area contributed by atoms with Crippen LogP contribution in [0.3, 0.4) is 0 Å². The van der Waals surface area contributed by atoms with Gasteiger partial charge in [0.25, 0.3) is 5.91 Å². The third-order valence-electron chi connectivity index (χ3n) is 3.02. The highest BCUT2D eigenvalue weighted by atomic mass is 79.9. The van der Waals surface area contributed by atoms with Crippen LogP contribution in [0, 0.1) is 6.92 Å². The summed E-state index contributed by atoms with van der Waals surface area (Å²) in [6, 6.07) is 3.91. The van der Waals surface area contributed by atoms with Crippen molar-refractivity contribution in [1.82, 2.24) is 4.90 Å². The van der Waals surface area contributed by atoms with E-state index in [-0.39, 0.29) is 5.91 Å². The second-order valence-electron chi connectivity index (χ2n) is 4.21. The Hall–Kier alpha value is -0.770. The molecular weight excluding hydrogens is 270 g/mol. The molecule has 0 N–H and O–H groups in total. The summed E-state index contributed by atoms with van der Waals surface area (Å²) in [6.45, 7) is 2.70. The Morgan fingerprint density at radius 3 is 3.00 bits per heavy atom. The third-order valence-corrected chi connectivity index (χ3v) is 3.76. The lowest BCUT2D eigenvalue weighted by Gasteiger charge is -2.34. The smallest absolute Gasteiger partial charge is 0.289 e. The topological polar surface area (TPSA) is 33.5 Å². The molecule has 1 amide bonds. The summed E-state index contributed by atoms with van der Waals surface area (Å²) in [6.07, 6.45) is 3.38. The molecule has 0 bridgehead atoms. The Labute approximate surface area is 104 Å². The van der Waals surface area contributed by atoms with Crippen molar-refractivity contribution in [3.8, 4) is 0 Å². The van der Waals surface area contributed by atoms with Gasteiger partial charge in [0.05, 0.1) is 0 Å². The van der Waals surface area contributed by atoms with Crippen molar-refractivity contribution in [2.75, 3.05) is 11.9 Å². The van der Waals surface area contributed by atoms with E-state index in [1.165, 1.54) is 6.42 Å². The first kappa shape index (κ1) is 11.7. The van der Waals surface area contributed by atoms with Crippen molar-refractivity contribution in [3.63, 3.8) is 0 Å². The van der Waals surface area contributed by atoms with Gasteiger partial charge in [-0.3, -0.25) is 4.79 Å². The molecule has 4 heteroatoms. The summed E-state index contributed by atoms with van der Waals surface area (Å²) < 4.78 is 5.38. The molecule has 88 valence electrons. The molecule has 3 nitrogen and oxygen atoms in total. The van der Waals surface area contributed by atoms with Crippen LogP contribution in [0.15, 0.2) is 16.5 Å². The van der Waals surface area contributed by atoms with E-state index in [9.17, 15) is 4.79 Å². The molecule has 1 aromatic heterocycles. The van der Waals surface area contributed by atoms with E-state index in [0.717, 1.165) is 30.5 Å². The number of carbonyl (C=O) groups excluding carboxylic acids is 1. The van der Waals surface area contributed by atoms with Gasteiger partial charge in [0.2, 0.25) is 0 Å². The van der Waals surface area contributed by atoms with Crippen molar-refractivity contribution >= 4 is 21.8 Å². The normalized spacial score (nSPS) is 21.1. The summed E-state index contributed by atoms with van der Waals surface area (Å²) in [5, 5.41) is 0.846. The van der Waals surface area contributed by atoms with Crippen LogP contribution in [0.5, 0.6) is 0 Å². The third kappa shape index (κ3) is 2.32. The van der Waals surface area contributed by atoms with Crippen LogP contribution >= 0.6 is 15.9 Å². The van der Waals surface area contributed by atoms with E-state index in [2.05, 4.69) is 15.9 Å². The summed E-state index contributed by atoms with van der Waals surface area (Å²) in [5.41, 5.74) is 0. The van der Waals surface area contributed by atoms with Crippen molar-refractivity contribution in [3.05, 3.63) is 23.7 Å². The van der Waals surface area contributed by atoms with Gasteiger partial charge in [0, 0.05) is 17.9 Å². The predicted molar refractivity (Wildman–Crippen MR) is 65.9 cm³/mol. The van der Waals surface area contributed by atoms with Crippen molar-refractivity contribution in [1.29, 1.82) is 0 Å². The molecule has 1 atom stereocenters. The van der Waals surface area contributed by atoms with Crippen LogP contribution in [0.1, 0.15) is 35.6 Å². The summed E-state index contributed by atoms with van der Waals surface area (Å²) >= 11 is 3.47. The Kier molecular flexibility index (Phi) is 3.69. The fourth-order valence-electron chi connectivity index (χ4n) is 2.12. The number of halogens is 1. The molecule has 0 aliphatic carbocycles. The van der Waals surface area contributed by atoms with E-state index in [0.29, 0.717) is 11.8 Å². The monoisotopic (exact) mass is 285 g/mol. The maximum absolute atomic E-state index is 12.2. The lowest BCUT2D eigenvalue weighted by atomic mass is 10.0. The van der Waals surface area contributed by atoms with Gasteiger partial charge in [0.1, 0.15) is 5.76 Å². The van der Waals surface area contributed by atoms with Gasteiger partial charge in [-0.15, -0.1) is 0 Å². The maximum Gasteiger partial charge on any atom is 0.289 e. The molecule has 0 saturated carbocycles. The number of hydrogen-bond donors (Lipinski definition) is 0. The molecule has 2 heterocycles. The largest absolute Gasteiger partial charge is 0.456 e. The average molecular weight is 286 g/mol. The number of aryl methyl sites for hydroxylation is 1. The molecule has 1 fully saturated rings. The molecule has 0 aromatic carbocycles. The van der Waals surface area contributed by atoms with Gasteiger partial charge in [0.15, 0.2) is 5.76 Å². The number of furan rings is 1. The fraction of sp³-hybridized carbons (Fsp3) is 0.583. The molecule has 1 saturated heterocycles. The van der Waals surface area contributed by atoms with E-state index in [1.807, 2.05) is 17.9 Å². The SMILES string of the molecule is Cc1ccc(C(=O)N2CCCCC2CBr)o1.